The minimum absolute atomic E-state index is 0.114. The number of aliphatic hydroxyl groups excluding tert-OH is 1. The van der Waals surface area contributed by atoms with E-state index in [4.69, 9.17) is 0 Å². The fraction of sp³-hybridized carbons (Fsp3) is 1.00. The molecule has 2 unspecified atom stereocenters. The Bertz CT molecular complexity index is 173. The number of rotatable bonds is 5. The summed E-state index contributed by atoms with van der Waals surface area (Å²) in [5, 5.41) is 13.2. The van der Waals surface area contributed by atoms with Gasteiger partial charge < -0.3 is 15.3 Å². The quantitative estimate of drug-likeness (QED) is 0.672. The van der Waals surface area contributed by atoms with Crippen LogP contribution in [0.15, 0.2) is 0 Å². The summed E-state index contributed by atoms with van der Waals surface area (Å²) in [6.45, 7) is 10.7. The van der Waals surface area contributed by atoms with Crippen molar-refractivity contribution in [2.75, 3.05) is 26.2 Å². The SMILES string of the molecule is CC(C)NCCCN1CCC(C)C(O)C1. The van der Waals surface area contributed by atoms with E-state index in [0.29, 0.717) is 12.0 Å². The van der Waals surface area contributed by atoms with E-state index in [-0.39, 0.29) is 6.10 Å². The zero-order valence-corrected chi connectivity index (χ0v) is 10.4. The van der Waals surface area contributed by atoms with E-state index in [1.165, 1.54) is 6.42 Å². The maximum absolute atomic E-state index is 9.74. The maximum Gasteiger partial charge on any atom is 0.0693 e. The molecule has 1 heterocycles. The van der Waals surface area contributed by atoms with Crippen LogP contribution in [-0.2, 0) is 0 Å². The second kappa shape index (κ2) is 6.46. The van der Waals surface area contributed by atoms with Crippen molar-refractivity contribution in [3.05, 3.63) is 0 Å². The zero-order valence-electron chi connectivity index (χ0n) is 10.4. The zero-order chi connectivity index (χ0) is 11.3. The van der Waals surface area contributed by atoms with Crippen LogP contribution >= 0.6 is 0 Å². The van der Waals surface area contributed by atoms with Crippen molar-refractivity contribution >= 4 is 0 Å². The van der Waals surface area contributed by atoms with Crippen LogP contribution in [0.2, 0.25) is 0 Å². The van der Waals surface area contributed by atoms with Gasteiger partial charge in [-0.2, -0.15) is 0 Å². The number of β-amino-alcohol motifs (C(OH)–C–C–N with tert-alkyl or cyclic N) is 1. The first kappa shape index (κ1) is 12.9. The lowest BCUT2D eigenvalue weighted by Crippen LogP contribution is -2.43. The standard InChI is InChI=1S/C12H26N2O/c1-10(2)13-6-4-7-14-8-5-11(3)12(15)9-14/h10-13,15H,4-9H2,1-3H3. The molecule has 2 N–H and O–H groups in total. The lowest BCUT2D eigenvalue weighted by molar-refractivity contribution is 0.0289. The lowest BCUT2D eigenvalue weighted by atomic mass is 9.96. The molecule has 1 aliphatic heterocycles. The summed E-state index contributed by atoms with van der Waals surface area (Å²) in [5.41, 5.74) is 0. The van der Waals surface area contributed by atoms with Gasteiger partial charge in [-0.05, 0) is 38.4 Å². The second-order valence-corrected chi connectivity index (χ2v) is 5.10. The molecule has 1 rings (SSSR count). The van der Waals surface area contributed by atoms with Gasteiger partial charge in [-0.1, -0.05) is 20.8 Å². The Kier molecular flexibility index (Phi) is 5.58. The summed E-state index contributed by atoms with van der Waals surface area (Å²) >= 11 is 0. The molecule has 0 radical (unpaired) electrons. The summed E-state index contributed by atoms with van der Waals surface area (Å²) in [5.74, 6) is 0.482. The molecule has 0 aromatic heterocycles. The number of hydrogen-bond acceptors (Lipinski definition) is 3. The first-order valence-corrected chi connectivity index (χ1v) is 6.23. The van der Waals surface area contributed by atoms with Crippen molar-refractivity contribution < 1.29 is 5.11 Å². The molecular formula is C12H26N2O. The van der Waals surface area contributed by atoms with E-state index in [1.54, 1.807) is 0 Å². The van der Waals surface area contributed by atoms with Crippen LogP contribution in [0.1, 0.15) is 33.6 Å². The van der Waals surface area contributed by atoms with Gasteiger partial charge >= 0.3 is 0 Å². The third kappa shape index (κ3) is 4.96. The molecule has 3 nitrogen and oxygen atoms in total. The minimum atomic E-state index is -0.114. The molecule has 0 spiro atoms. The van der Waals surface area contributed by atoms with Crippen LogP contribution in [0, 0.1) is 5.92 Å². The molecule has 15 heavy (non-hydrogen) atoms. The van der Waals surface area contributed by atoms with Gasteiger partial charge in [-0.3, -0.25) is 0 Å². The molecule has 3 heteroatoms. The Morgan fingerprint density at radius 2 is 2.20 bits per heavy atom. The number of nitrogens with one attached hydrogen (secondary N) is 1. The van der Waals surface area contributed by atoms with Crippen molar-refractivity contribution in [2.45, 2.75) is 45.8 Å². The van der Waals surface area contributed by atoms with E-state index in [1.807, 2.05) is 0 Å². The Hall–Kier alpha value is -0.120. The Labute approximate surface area is 93.9 Å². The monoisotopic (exact) mass is 214 g/mol. The highest BCUT2D eigenvalue weighted by Crippen LogP contribution is 2.16. The minimum Gasteiger partial charge on any atom is -0.392 e. The van der Waals surface area contributed by atoms with Crippen molar-refractivity contribution in [1.82, 2.24) is 10.2 Å². The van der Waals surface area contributed by atoms with Gasteiger partial charge in [-0.25, -0.2) is 0 Å². The first-order chi connectivity index (χ1) is 7.09. The average molecular weight is 214 g/mol. The van der Waals surface area contributed by atoms with Crippen molar-refractivity contribution in [3.63, 3.8) is 0 Å². The third-order valence-electron chi connectivity index (χ3n) is 3.21. The highest BCUT2D eigenvalue weighted by atomic mass is 16.3. The van der Waals surface area contributed by atoms with Crippen molar-refractivity contribution in [2.24, 2.45) is 5.92 Å². The number of nitrogens with zero attached hydrogens (tertiary/aromatic N) is 1. The molecule has 0 bridgehead atoms. The van der Waals surface area contributed by atoms with E-state index >= 15 is 0 Å². The van der Waals surface area contributed by atoms with Gasteiger partial charge in [-0.15, -0.1) is 0 Å². The number of likely N-dealkylation sites (tertiary alicyclic amines) is 1. The first-order valence-electron chi connectivity index (χ1n) is 6.23. The van der Waals surface area contributed by atoms with Crippen molar-refractivity contribution in [1.29, 1.82) is 0 Å². The highest BCUT2D eigenvalue weighted by Gasteiger charge is 2.23. The smallest absolute Gasteiger partial charge is 0.0693 e. The second-order valence-electron chi connectivity index (χ2n) is 5.10. The highest BCUT2D eigenvalue weighted by molar-refractivity contribution is 4.77. The normalized spacial score (nSPS) is 28.6. The number of hydrogen-bond donors (Lipinski definition) is 2. The van der Waals surface area contributed by atoms with Gasteiger partial charge in [0.25, 0.3) is 0 Å². The van der Waals surface area contributed by atoms with Crippen LogP contribution in [0.3, 0.4) is 0 Å². The molecule has 0 amide bonds. The fourth-order valence-electron chi connectivity index (χ4n) is 2.01. The topological polar surface area (TPSA) is 35.5 Å². The van der Waals surface area contributed by atoms with Crippen LogP contribution < -0.4 is 5.32 Å². The molecule has 2 atom stereocenters. The summed E-state index contributed by atoms with van der Waals surface area (Å²) in [7, 11) is 0. The molecule has 90 valence electrons. The predicted octanol–water partition coefficient (Wildman–Crippen LogP) is 1.08. The van der Waals surface area contributed by atoms with Crippen molar-refractivity contribution in [3.8, 4) is 0 Å². The van der Waals surface area contributed by atoms with Gasteiger partial charge in [0.15, 0.2) is 0 Å². The summed E-state index contributed by atoms with van der Waals surface area (Å²) < 4.78 is 0. The van der Waals surface area contributed by atoms with Gasteiger partial charge in [0.05, 0.1) is 6.10 Å². The Morgan fingerprint density at radius 3 is 2.80 bits per heavy atom. The summed E-state index contributed by atoms with van der Waals surface area (Å²) in [6, 6.07) is 0.581. The maximum atomic E-state index is 9.74. The molecule has 0 aliphatic carbocycles. The summed E-state index contributed by atoms with van der Waals surface area (Å²) in [6.07, 6.45) is 2.20. The van der Waals surface area contributed by atoms with E-state index in [0.717, 1.165) is 32.6 Å². The van der Waals surface area contributed by atoms with Crippen LogP contribution in [0.4, 0.5) is 0 Å². The van der Waals surface area contributed by atoms with E-state index in [9.17, 15) is 5.11 Å². The fourth-order valence-corrected chi connectivity index (χ4v) is 2.01. The van der Waals surface area contributed by atoms with Gasteiger partial charge in [0.1, 0.15) is 0 Å². The average Bonchev–Trinajstić information content (AvgIpc) is 2.18. The Morgan fingerprint density at radius 1 is 1.47 bits per heavy atom. The molecule has 1 fully saturated rings. The van der Waals surface area contributed by atoms with Gasteiger partial charge in [0, 0.05) is 12.6 Å². The Balaban J connectivity index is 2.07. The molecular weight excluding hydrogens is 188 g/mol. The largest absolute Gasteiger partial charge is 0.392 e. The molecule has 0 aromatic rings. The third-order valence-corrected chi connectivity index (χ3v) is 3.21. The summed E-state index contributed by atoms with van der Waals surface area (Å²) in [4.78, 5) is 2.38. The molecule has 0 saturated carbocycles. The predicted molar refractivity (Wildman–Crippen MR) is 64.0 cm³/mol. The molecule has 1 saturated heterocycles. The van der Waals surface area contributed by atoms with Crippen LogP contribution in [-0.4, -0.2) is 48.3 Å². The van der Waals surface area contributed by atoms with E-state index < -0.39 is 0 Å². The van der Waals surface area contributed by atoms with Crippen LogP contribution in [0.25, 0.3) is 0 Å². The number of piperidine rings is 1. The molecule has 0 aromatic carbocycles. The van der Waals surface area contributed by atoms with Gasteiger partial charge in [0.2, 0.25) is 0 Å². The molecule has 1 aliphatic rings. The number of aliphatic hydroxyl groups is 1. The van der Waals surface area contributed by atoms with Crippen LogP contribution in [0.5, 0.6) is 0 Å². The lowest BCUT2D eigenvalue weighted by Gasteiger charge is -2.34. The van der Waals surface area contributed by atoms with E-state index in [2.05, 4.69) is 31.0 Å².